The van der Waals surface area contributed by atoms with E-state index in [1.807, 2.05) is 39.2 Å². The van der Waals surface area contributed by atoms with Gasteiger partial charge >= 0.3 is 0 Å². The predicted octanol–water partition coefficient (Wildman–Crippen LogP) is 4.94. The summed E-state index contributed by atoms with van der Waals surface area (Å²) >= 11 is 0. The molecular formula is C23H28N6. The summed E-state index contributed by atoms with van der Waals surface area (Å²) < 4.78 is 0. The Morgan fingerprint density at radius 1 is 0.828 bits per heavy atom. The highest BCUT2D eigenvalue weighted by Gasteiger charge is 2.12. The first-order valence-corrected chi connectivity index (χ1v) is 10.1. The van der Waals surface area contributed by atoms with Gasteiger partial charge in [-0.25, -0.2) is 4.98 Å². The summed E-state index contributed by atoms with van der Waals surface area (Å²) in [5, 5.41) is 6.69. The Hall–Kier alpha value is -3.28. The van der Waals surface area contributed by atoms with Gasteiger partial charge in [0.1, 0.15) is 5.82 Å². The molecule has 0 atom stereocenters. The maximum Gasteiger partial charge on any atom is 0.229 e. The summed E-state index contributed by atoms with van der Waals surface area (Å²) in [5.41, 5.74) is 5.33. The number of aryl methyl sites for hydroxylation is 1. The number of aromatic nitrogens is 2. The van der Waals surface area contributed by atoms with Crippen LogP contribution in [0.3, 0.4) is 0 Å². The van der Waals surface area contributed by atoms with Crippen LogP contribution in [0.4, 0.5) is 34.5 Å². The van der Waals surface area contributed by atoms with Crippen molar-refractivity contribution in [2.75, 3.05) is 47.6 Å². The Bertz CT molecular complexity index is 944. The van der Waals surface area contributed by atoms with E-state index in [4.69, 9.17) is 0 Å². The van der Waals surface area contributed by atoms with Crippen molar-refractivity contribution in [2.24, 2.45) is 0 Å². The molecule has 4 rings (SSSR count). The monoisotopic (exact) mass is 388 g/mol. The number of benzene rings is 2. The first-order valence-electron chi connectivity index (χ1n) is 10.1. The molecule has 0 unspecified atom stereocenters. The lowest BCUT2D eigenvalue weighted by atomic mass is 10.2. The van der Waals surface area contributed by atoms with Crippen LogP contribution in [0.15, 0.2) is 54.6 Å². The molecular weight excluding hydrogens is 360 g/mol. The number of rotatable bonds is 6. The fourth-order valence-electron chi connectivity index (χ4n) is 3.54. The Balaban J connectivity index is 1.46. The maximum atomic E-state index is 4.63. The van der Waals surface area contributed by atoms with Gasteiger partial charge in [0.05, 0.1) is 0 Å². The summed E-state index contributed by atoms with van der Waals surface area (Å²) in [6, 6.07) is 18.7. The van der Waals surface area contributed by atoms with Crippen LogP contribution in [0.1, 0.15) is 18.5 Å². The Morgan fingerprint density at radius 2 is 1.45 bits per heavy atom. The second-order valence-corrected chi connectivity index (χ2v) is 7.65. The molecule has 1 aromatic heterocycles. The quantitative estimate of drug-likeness (QED) is 0.624. The van der Waals surface area contributed by atoms with E-state index in [1.165, 1.54) is 18.5 Å². The van der Waals surface area contributed by atoms with Crippen LogP contribution in [-0.4, -0.2) is 37.2 Å². The van der Waals surface area contributed by atoms with Crippen LogP contribution < -0.4 is 20.4 Å². The SMILES string of the molecule is Cc1cc(Nc2ccc(N3CCCC3)cc2)nc(Nc2ccc(N(C)C)cc2)n1. The minimum atomic E-state index is 0.582. The van der Waals surface area contributed by atoms with Gasteiger partial charge < -0.3 is 20.4 Å². The fraction of sp³-hybridized carbons (Fsp3) is 0.304. The van der Waals surface area contributed by atoms with Crippen LogP contribution in [0.25, 0.3) is 0 Å². The van der Waals surface area contributed by atoms with Gasteiger partial charge in [-0.15, -0.1) is 0 Å². The number of anilines is 6. The van der Waals surface area contributed by atoms with Gasteiger partial charge in [-0.2, -0.15) is 4.98 Å². The molecule has 2 N–H and O–H groups in total. The summed E-state index contributed by atoms with van der Waals surface area (Å²) in [4.78, 5) is 13.6. The third-order valence-corrected chi connectivity index (χ3v) is 5.10. The average molecular weight is 389 g/mol. The molecule has 3 aromatic rings. The van der Waals surface area contributed by atoms with E-state index in [2.05, 4.69) is 66.8 Å². The zero-order chi connectivity index (χ0) is 20.2. The zero-order valence-corrected chi connectivity index (χ0v) is 17.3. The topological polar surface area (TPSA) is 56.3 Å². The third-order valence-electron chi connectivity index (χ3n) is 5.10. The van der Waals surface area contributed by atoms with Crippen LogP contribution in [0, 0.1) is 6.92 Å². The molecule has 2 aromatic carbocycles. The van der Waals surface area contributed by atoms with Gasteiger partial charge in [0.25, 0.3) is 0 Å². The third kappa shape index (κ3) is 4.77. The molecule has 29 heavy (non-hydrogen) atoms. The van der Waals surface area contributed by atoms with Crippen LogP contribution in [-0.2, 0) is 0 Å². The van der Waals surface area contributed by atoms with E-state index in [0.717, 1.165) is 41.7 Å². The van der Waals surface area contributed by atoms with E-state index in [-0.39, 0.29) is 0 Å². The molecule has 0 amide bonds. The predicted molar refractivity (Wildman–Crippen MR) is 122 cm³/mol. The molecule has 0 radical (unpaired) electrons. The smallest absolute Gasteiger partial charge is 0.229 e. The molecule has 1 saturated heterocycles. The molecule has 6 heteroatoms. The minimum absolute atomic E-state index is 0.582. The minimum Gasteiger partial charge on any atom is -0.378 e. The molecule has 2 heterocycles. The molecule has 0 aliphatic carbocycles. The van der Waals surface area contributed by atoms with Crippen LogP contribution in [0.5, 0.6) is 0 Å². The molecule has 1 aliphatic heterocycles. The van der Waals surface area contributed by atoms with Crippen LogP contribution >= 0.6 is 0 Å². The average Bonchev–Trinajstić information content (AvgIpc) is 3.23. The number of nitrogens with zero attached hydrogens (tertiary/aromatic N) is 4. The molecule has 1 aliphatic rings. The molecule has 150 valence electrons. The highest BCUT2D eigenvalue weighted by molar-refractivity contribution is 5.64. The highest BCUT2D eigenvalue weighted by atomic mass is 15.2. The summed E-state index contributed by atoms with van der Waals surface area (Å²) in [6.07, 6.45) is 2.57. The van der Waals surface area contributed by atoms with Gasteiger partial charge in [-0.1, -0.05) is 0 Å². The number of hydrogen-bond acceptors (Lipinski definition) is 6. The lowest BCUT2D eigenvalue weighted by molar-refractivity contribution is 0.949. The van der Waals surface area contributed by atoms with Crippen LogP contribution in [0.2, 0.25) is 0 Å². The Labute approximate surface area is 172 Å². The van der Waals surface area contributed by atoms with Gasteiger partial charge in [0.15, 0.2) is 0 Å². The van der Waals surface area contributed by atoms with Crippen molar-refractivity contribution in [2.45, 2.75) is 19.8 Å². The first kappa shape index (κ1) is 19.1. The Morgan fingerprint density at radius 3 is 2.10 bits per heavy atom. The second kappa shape index (κ2) is 8.39. The largest absolute Gasteiger partial charge is 0.378 e. The van der Waals surface area contributed by atoms with E-state index in [1.54, 1.807) is 0 Å². The van der Waals surface area contributed by atoms with Gasteiger partial charge in [-0.05, 0) is 68.3 Å². The van der Waals surface area contributed by atoms with Crippen molar-refractivity contribution in [3.05, 3.63) is 60.3 Å². The molecule has 1 fully saturated rings. The first-order chi connectivity index (χ1) is 14.1. The van der Waals surface area contributed by atoms with Crippen molar-refractivity contribution in [3.63, 3.8) is 0 Å². The molecule has 0 spiro atoms. The Kier molecular flexibility index (Phi) is 5.51. The van der Waals surface area contributed by atoms with E-state index >= 15 is 0 Å². The standard InChI is InChI=1S/C23H28N6/c1-17-16-22(25-18-8-12-21(13-9-18)29-14-4-5-15-29)27-23(24-17)26-19-6-10-20(11-7-19)28(2)3/h6-13,16H,4-5,14-15H2,1-3H3,(H2,24,25,26,27). The van der Waals surface area contributed by atoms with Crippen molar-refractivity contribution in [1.82, 2.24) is 9.97 Å². The van der Waals surface area contributed by atoms with E-state index < -0.39 is 0 Å². The van der Waals surface area contributed by atoms with Crippen molar-refractivity contribution < 1.29 is 0 Å². The second-order valence-electron chi connectivity index (χ2n) is 7.65. The van der Waals surface area contributed by atoms with E-state index in [9.17, 15) is 0 Å². The van der Waals surface area contributed by atoms with Gasteiger partial charge in [0, 0.05) is 61.7 Å². The fourth-order valence-corrected chi connectivity index (χ4v) is 3.54. The van der Waals surface area contributed by atoms with Crippen molar-refractivity contribution >= 4 is 34.5 Å². The molecule has 6 nitrogen and oxygen atoms in total. The molecule has 0 saturated carbocycles. The van der Waals surface area contributed by atoms with Gasteiger partial charge in [-0.3, -0.25) is 0 Å². The lowest BCUT2D eigenvalue weighted by Gasteiger charge is -2.18. The normalized spacial score (nSPS) is 13.4. The summed E-state index contributed by atoms with van der Waals surface area (Å²) in [6.45, 7) is 4.29. The lowest BCUT2D eigenvalue weighted by Crippen LogP contribution is -2.17. The molecule has 0 bridgehead atoms. The van der Waals surface area contributed by atoms with Gasteiger partial charge in [0.2, 0.25) is 5.95 Å². The number of nitrogens with one attached hydrogen (secondary N) is 2. The maximum absolute atomic E-state index is 4.63. The highest BCUT2D eigenvalue weighted by Crippen LogP contribution is 2.25. The number of hydrogen-bond donors (Lipinski definition) is 2. The van der Waals surface area contributed by atoms with E-state index in [0.29, 0.717) is 5.95 Å². The van der Waals surface area contributed by atoms with Crippen molar-refractivity contribution in [1.29, 1.82) is 0 Å². The van der Waals surface area contributed by atoms with Crippen molar-refractivity contribution in [3.8, 4) is 0 Å². The summed E-state index contributed by atoms with van der Waals surface area (Å²) in [7, 11) is 4.06. The zero-order valence-electron chi connectivity index (χ0n) is 17.3. The summed E-state index contributed by atoms with van der Waals surface area (Å²) in [5.74, 6) is 1.36.